The average molecular weight is 368 g/mol. The van der Waals surface area contributed by atoms with Gasteiger partial charge in [-0.05, 0) is 60.2 Å². The van der Waals surface area contributed by atoms with Gasteiger partial charge >= 0.3 is 0 Å². The Balaban J connectivity index is 2.01. The van der Waals surface area contributed by atoms with Crippen molar-refractivity contribution in [2.45, 2.75) is 19.9 Å². The molecular weight excluding hydrogens is 351 g/mol. The molecule has 3 nitrogen and oxygen atoms in total. The molecule has 0 saturated carbocycles. The number of aromatic nitrogens is 1. The van der Waals surface area contributed by atoms with Gasteiger partial charge in [0.2, 0.25) is 5.88 Å². The van der Waals surface area contributed by atoms with E-state index >= 15 is 0 Å². The van der Waals surface area contributed by atoms with E-state index in [1.165, 1.54) is 9.13 Å². The molecule has 1 aromatic heterocycles. The van der Waals surface area contributed by atoms with E-state index in [4.69, 9.17) is 4.74 Å². The second-order valence-corrected chi connectivity index (χ2v) is 5.48. The molecule has 0 aliphatic heterocycles. The van der Waals surface area contributed by atoms with Crippen LogP contribution in [0.15, 0.2) is 42.6 Å². The van der Waals surface area contributed by atoms with Crippen LogP contribution in [0.3, 0.4) is 0 Å². The van der Waals surface area contributed by atoms with E-state index in [9.17, 15) is 0 Å². The van der Waals surface area contributed by atoms with Crippen LogP contribution in [0.5, 0.6) is 5.88 Å². The lowest BCUT2D eigenvalue weighted by atomic mass is 10.1. The van der Waals surface area contributed by atoms with Crippen LogP contribution in [0.4, 0.5) is 5.69 Å². The lowest BCUT2D eigenvalue weighted by Crippen LogP contribution is -2.07. The molecule has 1 aromatic carbocycles. The maximum atomic E-state index is 5.32. The molecule has 1 heterocycles. The third-order valence-corrected chi connectivity index (χ3v) is 3.50. The number of hydrogen-bond acceptors (Lipinski definition) is 3. The fourth-order valence-corrected chi connectivity index (χ4v) is 2.14. The Labute approximate surface area is 127 Å². The fourth-order valence-electron chi connectivity index (χ4n) is 1.78. The molecule has 1 atom stereocenters. The van der Waals surface area contributed by atoms with Gasteiger partial charge in [-0.15, -0.1) is 0 Å². The van der Waals surface area contributed by atoms with E-state index in [1.807, 2.05) is 19.1 Å². The Morgan fingerprint density at radius 2 is 1.95 bits per heavy atom. The van der Waals surface area contributed by atoms with Gasteiger partial charge in [-0.2, -0.15) is 0 Å². The zero-order chi connectivity index (χ0) is 13.7. The Kier molecular flexibility index (Phi) is 5.01. The Morgan fingerprint density at radius 1 is 1.21 bits per heavy atom. The molecule has 0 saturated heterocycles. The van der Waals surface area contributed by atoms with E-state index in [1.54, 1.807) is 6.20 Å². The average Bonchev–Trinajstić information content (AvgIpc) is 2.42. The van der Waals surface area contributed by atoms with Gasteiger partial charge in [-0.25, -0.2) is 4.98 Å². The molecule has 2 aromatic rings. The predicted molar refractivity (Wildman–Crippen MR) is 86.6 cm³/mol. The van der Waals surface area contributed by atoms with Crippen LogP contribution in [0.2, 0.25) is 0 Å². The van der Waals surface area contributed by atoms with Crippen LogP contribution in [0.1, 0.15) is 25.5 Å². The Morgan fingerprint density at radius 3 is 2.53 bits per heavy atom. The summed E-state index contributed by atoms with van der Waals surface area (Å²) >= 11 is 2.31. The maximum Gasteiger partial charge on any atom is 0.213 e. The zero-order valence-electron chi connectivity index (χ0n) is 11.1. The van der Waals surface area contributed by atoms with E-state index in [2.05, 4.69) is 64.1 Å². The number of nitrogens with one attached hydrogen (secondary N) is 1. The van der Waals surface area contributed by atoms with Gasteiger partial charge in [-0.1, -0.05) is 12.1 Å². The molecule has 100 valence electrons. The smallest absolute Gasteiger partial charge is 0.213 e. The predicted octanol–water partition coefficient (Wildman–Crippen LogP) is 4.26. The van der Waals surface area contributed by atoms with Gasteiger partial charge in [0.05, 0.1) is 18.5 Å². The number of benzene rings is 1. The van der Waals surface area contributed by atoms with Gasteiger partial charge in [0.15, 0.2) is 0 Å². The molecule has 1 N–H and O–H groups in total. The minimum atomic E-state index is 0.247. The number of ether oxygens (including phenoxy) is 1. The van der Waals surface area contributed by atoms with Crippen molar-refractivity contribution in [3.05, 3.63) is 51.7 Å². The molecule has 4 heteroatoms. The van der Waals surface area contributed by atoms with Crippen molar-refractivity contribution in [3.8, 4) is 5.88 Å². The van der Waals surface area contributed by atoms with Gasteiger partial charge < -0.3 is 10.1 Å². The lowest BCUT2D eigenvalue weighted by molar-refractivity contribution is 0.327. The van der Waals surface area contributed by atoms with Crippen molar-refractivity contribution < 1.29 is 4.74 Å². The quantitative estimate of drug-likeness (QED) is 0.801. The third kappa shape index (κ3) is 4.09. The van der Waals surface area contributed by atoms with Crippen LogP contribution in [-0.2, 0) is 0 Å². The number of halogens is 1. The van der Waals surface area contributed by atoms with Crippen molar-refractivity contribution >= 4 is 28.3 Å². The third-order valence-electron chi connectivity index (χ3n) is 2.78. The summed E-state index contributed by atoms with van der Waals surface area (Å²) in [6, 6.07) is 12.6. The molecule has 0 spiro atoms. The monoisotopic (exact) mass is 368 g/mol. The van der Waals surface area contributed by atoms with Crippen LogP contribution in [0.25, 0.3) is 0 Å². The first kappa shape index (κ1) is 14.1. The minimum absolute atomic E-state index is 0.247. The molecule has 0 aliphatic carbocycles. The highest BCUT2D eigenvalue weighted by atomic mass is 127. The molecule has 2 rings (SSSR count). The molecule has 1 unspecified atom stereocenters. The first-order chi connectivity index (χ1) is 9.19. The molecule has 0 fully saturated rings. The highest BCUT2D eigenvalue weighted by Gasteiger charge is 2.05. The summed E-state index contributed by atoms with van der Waals surface area (Å²) in [5, 5.41) is 3.43. The van der Waals surface area contributed by atoms with Gasteiger partial charge in [0.25, 0.3) is 0 Å². The largest absolute Gasteiger partial charge is 0.478 e. The number of nitrogens with zero attached hydrogens (tertiary/aromatic N) is 1. The molecule has 0 radical (unpaired) electrons. The van der Waals surface area contributed by atoms with Crippen LogP contribution in [-0.4, -0.2) is 11.6 Å². The van der Waals surface area contributed by atoms with E-state index in [0.29, 0.717) is 12.5 Å². The molecule has 0 amide bonds. The van der Waals surface area contributed by atoms with E-state index in [-0.39, 0.29) is 6.04 Å². The van der Waals surface area contributed by atoms with Crippen LogP contribution < -0.4 is 10.1 Å². The number of pyridine rings is 1. The molecular formula is C15H17IN2O. The molecule has 0 aliphatic rings. The van der Waals surface area contributed by atoms with Gasteiger partial charge in [0, 0.05) is 15.7 Å². The van der Waals surface area contributed by atoms with Crippen molar-refractivity contribution in [2.75, 3.05) is 11.9 Å². The summed E-state index contributed by atoms with van der Waals surface area (Å²) in [5.74, 6) is 0.662. The highest BCUT2D eigenvalue weighted by molar-refractivity contribution is 14.1. The highest BCUT2D eigenvalue weighted by Crippen LogP contribution is 2.20. The summed E-state index contributed by atoms with van der Waals surface area (Å²) in [6.07, 6.45) is 1.80. The summed E-state index contributed by atoms with van der Waals surface area (Å²) in [6.45, 7) is 4.73. The topological polar surface area (TPSA) is 34.1 Å². The van der Waals surface area contributed by atoms with Gasteiger partial charge in [-0.3, -0.25) is 0 Å². The minimum Gasteiger partial charge on any atom is -0.478 e. The lowest BCUT2D eigenvalue weighted by Gasteiger charge is -2.15. The SMILES string of the molecule is CCOc1ccc(NC(C)c2ccc(I)cc2)cn1. The summed E-state index contributed by atoms with van der Waals surface area (Å²) < 4.78 is 6.57. The Bertz CT molecular complexity index is 511. The van der Waals surface area contributed by atoms with Crippen molar-refractivity contribution in [1.29, 1.82) is 0 Å². The summed E-state index contributed by atoms with van der Waals surface area (Å²) in [5.41, 5.74) is 2.25. The van der Waals surface area contributed by atoms with Crippen molar-refractivity contribution in [1.82, 2.24) is 4.98 Å². The number of rotatable bonds is 5. The van der Waals surface area contributed by atoms with Crippen molar-refractivity contribution in [3.63, 3.8) is 0 Å². The number of anilines is 1. The fraction of sp³-hybridized carbons (Fsp3) is 0.267. The normalized spacial score (nSPS) is 11.9. The Hall–Kier alpha value is -1.30. The van der Waals surface area contributed by atoms with E-state index < -0.39 is 0 Å². The summed E-state index contributed by atoms with van der Waals surface area (Å²) in [7, 11) is 0. The first-order valence-electron chi connectivity index (χ1n) is 6.30. The van der Waals surface area contributed by atoms with Crippen molar-refractivity contribution in [2.24, 2.45) is 0 Å². The second kappa shape index (κ2) is 6.75. The standard InChI is InChI=1S/C15H17IN2O/c1-3-19-15-9-8-14(10-17-15)18-11(2)12-4-6-13(16)7-5-12/h4-11,18H,3H2,1-2H3. The van der Waals surface area contributed by atoms with Crippen LogP contribution >= 0.6 is 22.6 Å². The van der Waals surface area contributed by atoms with Crippen LogP contribution in [0, 0.1) is 3.57 Å². The number of hydrogen-bond donors (Lipinski definition) is 1. The molecule has 19 heavy (non-hydrogen) atoms. The van der Waals surface area contributed by atoms with E-state index in [0.717, 1.165) is 5.69 Å². The van der Waals surface area contributed by atoms with Gasteiger partial charge in [0.1, 0.15) is 0 Å². The second-order valence-electron chi connectivity index (χ2n) is 4.24. The zero-order valence-corrected chi connectivity index (χ0v) is 13.2. The summed E-state index contributed by atoms with van der Waals surface area (Å²) in [4.78, 5) is 4.24. The maximum absolute atomic E-state index is 5.32. The first-order valence-corrected chi connectivity index (χ1v) is 7.37. The molecule has 0 bridgehead atoms.